The van der Waals surface area contributed by atoms with Crippen molar-refractivity contribution in [2.75, 3.05) is 31.1 Å². The van der Waals surface area contributed by atoms with Gasteiger partial charge in [0.2, 0.25) is 0 Å². The first-order chi connectivity index (χ1) is 10.6. The Bertz CT molecular complexity index is 612. The van der Waals surface area contributed by atoms with Gasteiger partial charge in [-0.05, 0) is 26.8 Å². The predicted octanol–water partition coefficient (Wildman–Crippen LogP) is 1.84. The first kappa shape index (κ1) is 10.8. The van der Waals surface area contributed by atoms with Gasteiger partial charge in [0.05, 0.1) is 4.11 Å². The number of hydrogen-bond donors (Lipinski definition) is 1. The second-order valence-electron chi connectivity index (χ2n) is 5.60. The molecule has 2 heterocycles. The largest absolute Gasteiger partial charge is 0.508 e. The van der Waals surface area contributed by atoms with Crippen LogP contribution in [0.25, 0.3) is 0 Å². The smallest absolute Gasteiger partial charge is 0.410 e. The van der Waals surface area contributed by atoms with Gasteiger partial charge >= 0.3 is 6.09 Å². The molecular weight excluding hydrogens is 258 g/mol. The molecule has 2 rings (SSSR count). The lowest BCUT2D eigenvalue weighted by Gasteiger charge is -2.36. The molecule has 0 saturated carbocycles. The molecule has 0 aromatic carbocycles. The Hall–Kier alpha value is -1.98. The second kappa shape index (κ2) is 5.56. The van der Waals surface area contributed by atoms with Crippen LogP contribution in [-0.2, 0) is 4.74 Å². The summed E-state index contributed by atoms with van der Waals surface area (Å²) in [6.07, 6.45) is -0.759. The number of aromatic hydroxyl groups is 1. The maximum atomic E-state index is 12.0. The van der Waals surface area contributed by atoms with Crippen molar-refractivity contribution in [1.29, 1.82) is 0 Å². The molecule has 0 bridgehead atoms. The van der Waals surface area contributed by atoms with Crippen LogP contribution in [0, 0.1) is 0 Å². The molecule has 1 amide bonds. The summed E-state index contributed by atoms with van der Waals surface area (Å²) >= 11 is 0. The van der Waals surface area contributed by atoms with Gasteiger partial charge in [-0.2, -0.15) is 0 Å². The van der Waals surface area contributed by atoms with Gasteiger partial charge < -0.3 is 19.6 Å². The maximum Gasteiger partial charge on any atom is 0.410 e. The number of hydrogen-bond acceptors (Lipinski definition) is 5. The van der Waals surface area contributed by atoms with Crippen LogP contribution in [0.15, 0.2) is 18.3 Å². The summed E-state index contributed by atoms with van der Waals surface area (Å²) in [6, 6.07) is -0.720. The molecule has 0 spiro atoms. The normalized spacial score (nSPS) is 18.2. The lowest BCUT2D eigenvalue weighted by Crippen LogP contribution is -2.50. The van der Waals surface area contributed by atoms with Crippen molar-refractivity contribution in [3.8, 4) is 5.75 Å². The molecule has 0 aliphatic carbocycles. The Kier molecular flexibility index (Phi) is 2.99. The van der Waals surface area contributed by atoms with Gasteiger partial charge in [0, 0.05) is 38.4 Å². The molecule has 6 nitrogen and oxygen atoms in total. The lowest BCUT2D eigenvalue weighted by molar-refractivity contribution is 0.0240. The fraction of sp³-hybridized carbons (Fsp3) is 0.571. The van der Waals surface area contributed by atoms with Crippen molar-refractivity contribution in [3.63, 3.8) is 0 Å². The van der Waals surface area contributed by atoms with Crippen LogP contribution in [-0.4, -0.2) is 52.9 Å². The summed E-state index contributed by atoms with van der Waals surface area (Å²) in [4.78, 5) is 19.2. The van der Waals surface area contributed by atoms with E-state index in [1.807, 2.05) is 0 Å². The monoisotopic (exact) mass is 282 g/mol. The quantitative estimate of drug-likeness (QED) is 0.851. The number of piperazine rings is 1. The molecule has 1 aliphatic rings. The summed E-state index contributed by atoms with van der Waals surface area (Å²) in [7, 11) is 0. The molecule has 0 radical (unpaired) electrons. The molecule has 1 saturated heterocycles. The molecule has 110 valence electrons. The van der Waals surface area contributed by atoms with E-state index < -0.39 is 17.4 Å². The minimum Gasteiger partial charge on any atom is -0.508 e. The van der Waals surface area contributed by atoms with Crippen LogP contribution in [0.1, 0.15) is 24.9 Å². The van der Waals surface area contributed by atoms with Gasteiger partial charge in [0.1, 0.15) is 17.2 Å². The van der Waals surface area contributed by atoms with Crippen molar-refractivity contribution in [1.82, 2.24) is 9.88 Å². The molecule has 20 heavy (non-hydrogen) atoms. The number of carbonyl (C=O) groups is 1. The standard InChI is InChI=1S/C14H21N3O3/c1-14(2,3)20-13(19)17-8-6-16(7-9-17)12-10-11(18)4-5-15-12/h4-5,10H,6-9H2,1-3H3,(H,15,18)/i4D,5D,10D. The number of amides is 1. The molecule has 1 N–H and O–H groups in total. The number of rotatable bonds is 1. The van der Waals surface area contributed by atoms with Gasteiger partial charge in [-0.15, -0.1) is 0 Å². The Morgan fingerprint density at radius 1 is 1.40 bits per heavy atom. The van der Waals surface area contributed by atoms with E-state index in [1.165, 1.54) is 0 Å². The number of nitrogens with zero attached hydrogens (tertiary/aromatic N) is 3. The molecule has 0 atom stereocenters. The summed E-state index contributed by atoms with van der Waals surface area (Å²) < 4.78 is 28.2. The average molecular weight is 282 g/mol. The highest BCUT2D eigenvalue weighted by Crippen LogP contribution is 2.19. The summed E-state index contributed by atoms with van der Waals surface area (Å²) in [5.41, 5.74) is -0.556. The first-order valence-electron chi connectivity index (χ1n) is 8.00. The van der Waals surface area contributed by atoms with Crippen LogP contribution in [0.2, 0.25) is 0 Å². The van der Waals surface area contributed by atoms with Crippen LogP contribution in [0.3, 0.4) is 0 Å². The van der Waals surface area contributed by atoms with Crippen LogP contribution in [0.4, 0.5) is 10.6 Å². The van der Waals surface area contributed by atoms with Crippen LogP contribution >= 0.6 is 0 Å². The SMILES string of the molecule is [2H]c1nc(N2CCN(C(=O)OC(C)(C)C)CC2)c([2H])c(O)c1[2H]. The first-order valence-corrected chi connectivity index (χ1v) is 6.50. The average Bonchev–Trinajstić information content (AvgIpc) is 2.47. The van der Waals surface area contributed by atoms with E-state index >= 15 is 0 Å². The zero-order chi connectivity index (χ0) is 17.4. The van der Waals surface area contributed by atoms with Gasteiger partial charge in [-0.25, -0.2) is 9.78 Å². The number of anilines is 1. The molecule has 6 heteroatoms. The van der Waals surface area contributed by atoms with E-state index in [0.717, 1.165) is 0 Å². The van der Waals surface area contributed by atoms with E-state index in [4.69, 9.17) is 8.85 Å². The highest BCUT2D eigenvalue weighted by Gasteiger charge is 2.26. The fourth-order valence-electron chi connectivity index (χ4n) is 1.88. The number of aromatic nitrogens is 1. The topological polar surface area (TPSA) is 65.9 Å². The Balaban J connectivity index is 2.07. The third kappa shape index (κ3) is 3.76. The molecule has 1 aromatic rings. The van der Waals surface area contributed by atoms with Gasteiger partial charge in [-0.1, -0.05) is 0 Å². The van der Waals surface area contributed by atoms with Crippen molar-refractivity contribution in [2.45, 2.75) is 26.4 Å². The third-order valence-corrected chi connectivity index (χ3v) is 2.80. The van der Waals surface area contributed by atoms with Crippen molar-refractivity contribution >= 4 is 11.9 Å². The minimum atomic E-state index is -0.556. The highest BCUT2D eigenvalue weighted by atomic mass is 16.6. The summed E-state index contributed by atoms with van der Waals surface area (Å²) in [5, 5.41) is 9.72. The van der Waals surface area contributed by atoms with E-state index in [-0.39, 0.29) is 24.1 Å². The van der Waals surface area contributed by atoms with E-state index in [2.05, 4.69) is 4.98 Å². The Morgan fingerprint density at radius 2 is 2.05 bits per heavy atom. The predicted molar refractivity (Wildman–Crippen MR) is 75.9 cm³/mol. The zero-order valence-electron chi connectivity index (χ0n) is 14.9. The second-order valence-corrected chi connectivity index (χ2v) is 5.60. The summed E-state index contributed by atoms with van der Waals surface area (Å²) in [6.45, 7) is 7.03. The number of pyridine rings is 1. The summed E-state index contributed by atoms with van der Waals surface area (Å²) in [5.74, 6) is -0.387. The molecular formula is C14H21N3O3. The van der Waals surface area contributed by atoms with Crippen LogP contribution in [0.5, 0.6) is 5.75 Å². The van der Waals surface area contributed by atoms with E-state index in [1.54, 1.807) is 30.6 Å². The number of carbonyl (C=O) groups excluding carboxylic acids is 1. The maximum absolute atomic E-state index is 12.0. The lowest BCUT2D eigenvalue weighted by atomic mass is 10.2. The van der Waals surface area contributed by atoms with E-state index in [0.29, 0.717) is 26.2 Å². The molecule has 0 unspecified atom stereocenters. The van der Waals surface area contributed by atoms with Crippen molar-refractivity contribution in [3.05, 3.63) is 18.3 Å². The van der Waals surface area contributed by atoms with Gasteiger partial charge in [-0.3, -0.25) is 0 Å². The van der Waals surface area contributed by atoms with Crippen molar-refractivity contribution in [2.24, 2.45) is 0 Å². The molecule has 1 fully saturated rings. The van der Waals surface area contributed by atoms with Crippen molar-refractivity contribution < 1.29 is 18.8 Å². The number of ether oxygens (including phenoxy) is 1. The zero-order valence-corrected chi connectivity index (χ0v) is 11.9. The van der Waals surface area contributed by atoms with E-state index in [9.17, 15) is 9.90 Å². The Morgan fingerprint density at radius 3 is 2.65 bits per heavy atom. The Labute approximate surface area is 123 Å². The van der Waals surface area contributed by atoms with Gasteiger partial charge in [0.15, 0.2) is 0 Å². The molecule has 1 aromatic heterocycles. The van der Waals surface area contributed by atoms with Gasteiger partial charge in [0.25, 0.3) is 0 Å². The minimum absolute atomic E-state index is 0.160. The van der Waals surface area contributed by atoms with Crippen LogP contribution < -0.4 is 4.90 Å². The molecule has 1 aliphatic heterocycles. The highest BCUT2D eigenvalue weighted by molar-refractivity contribution is 5.68. The fourth-order valence-corrected chi connectivity index (χ4v) is 1.88. The third-order valence-electron chi connectivity index (χ3n) is 2.80.